The van der Waals surface area contributed by atoms with E-state index in [-0.39, 0.29) is 5.97 Å². The highest BCUT2D eigenvalue weighted by molar-refractivity contribution is 6.76. The van der Waals surface area contributed by atoms with Crippen LogP contribution in [0, 0.1) is 0 Å². The van der Waals surface area contributed by atoms with Crippen molar-refractivity contribution in [2.45, 2.75) is 77.4 Å². The number of nitrogens with two attached hydrogens (primary N) is 1. The molecule has 136 valence electrons. The maximum atomic E-state index is 11.7. The summed E-state index contributed by atoms with van der Waals surface area (Å²) in [4.78, 5) is 23.2. The van der Waals surface area contributed by atoms with Crippen LogP contribution in [0.2, 0.25) is 25.7 Å². The highest BCUT2D eigenvalue weighted by Gasteiger charge is 2.18. The molecule has 0 radical (unpaired) electrons. The summed E-state index contributed by atoms with van der Waals surface area (Å²) in [5.41, 5.74) is 5.32. The first-order chi connectivity index (χ1) is 10.4. The fraction of sp³-hybridized carbons (Fsp3) is 0.875. The second-order valence-corrected chi connectivity index (χ2v) is 13.6. The zero-order valence-electron chi connectivity index (χ0n) is 15.5. The van der Waals surface area contributed by atoms with Gasteiger partial charge in [-0.3, -0.25) is 4.79 Å². The smallest absolute Gasteiger partial charge is 0.407 e. The standard InChI is InChI=1S/C16H34N2O4Si/c1-16(2,3)22-15(20)18-10-8-7-9-13(17)14(19)21-11-12-23(4,5)6/h13H,7-12,17H2,1-6H3,(H,18,20)/t13-/m0/s1. The normalized spacial score (nSPS) is 13.3. The average molecular weight is 347 g/mol. The Balaban J connectivity index is 3.72. The van der Waals surface area contributed by atoms with Crippen LogP contribution in [-0.2, 0) is 14.3 Å². The van der Waals surface area contributed by atoms with Gasteiger partial charge in [0.25, 0.3) is 0 Å². The van der Waals surface area contributed by atoms with E-state index in [0.717, 1.165) is 18.9 Å². The molecule has 1 amide bonds. The second kappa shape index (κ2) is 9.92. The van der Waals surface area contributed by atoms with Gasteiger partial charge in [-0.15, -0.1) is 0 Å². The Morgan fingerprint density at radius 3 is 2.30 bits per heavy atom. The summed E-state index contributed by atoms with van der Waals surface area (Å²) in [6, 6.07) is 0.365. The third-order valence-electron chi connectivity index (χ3n) is 3.01. The van der Waals surface area contributed by atoms with Gasteiger partial charge < -0.3 is 20.5 Å². The van der Waals surface area contributed by atoms with Crippen molar-refractivity contribution in [2.75, 3.05) is 13.2 Å². The number of esters is 1. The van der Waals surface area contributed by atoms with Crippen molar-refractivity contribution in [1.29, 1.82) is 0 Å². The molecule has 0 saturated heterocycles. The maximum Gasteiger partial charge on any atom is 0.407 e. The van der Waals surface area contributed by atoms with Gasteiger partial charge in [0.05, 0.1) is 6.61 Å². The van der Waals surface area contributed by atoms with E-state index in [4.69, 9.17) is 15.2 Å². The number of hydrogen-bond acceptors (Lipinski definition) is 5. The van der Waals surface area contributed by atoms with Crippen LogP contribution >= 0.6 is 0 Å². The molecule has 0 heterocycles. The van der Waals surface area contributed by atoms with E-state index in [0.29, 0.717) is 19.6 Å². The highest BCUT2D eigenvalue weighted by atomic mass is 28.3. The third-order valence-corrected chi connectivity index (χ3v) is 4.71. The van der Waals surface area contributed by atoms with Gasteiger partial charge in [-0.1, -0.05) is 19.6 Å². The first-order valence-electron chi connectivity index (χ1n) is 8.30. The molecular weight excluding hydrogens is 312 g/mol. The minimum absolute atomic E-state index is 0.330. The lowest BCUT2D eigenvalue weighted by molar-refractivity contribution is -0.144. The van der Waals surface area contributed by atoms with Gasteiger partial charge in [0, 0.05) is 14.6 Å². The van der Waals surface area contributed by atoms with E-state index in [9.17, 15) is 9.59 Å². The Kier molecular flexibility index (Phi) is 9.46. The molecule has 6 nitrogen and oxygen atoms in total. The summed E-state index contributed by atoms with van der Waals surface area (Å²) >= 11 is 0. The molecule has 0 bridgehead atoms. The molecule has 3 N–H and O–H groups in total. The molecule has 0 saturated carbocycles. The fourth-order valence-electron chi connectivity index (χ4n) is 1.68. The number of hydrogen-bond donors (Lipinski definition) is 2. The number of amides is 1. The Bertz CT molecular complexity index is 375. The molecule has 0 aromatic carbocycles. The molecule has 0 unspecified atom stereocenters. The molecule has 0 aliphatic rings. The van der Waals surface area contributed by atoms with E-state index in [2.05, 4.69) is 25.0 Å². The average Bonchev–Trinajstić information content (AvgIpc) is 2.34. The highest BCUT2D eigenvalue weighted by Crippen LogP contribution is 2.09. The molecule has 0 aromatic rings. The van der Waals surface area contributed by atoms with Crippen molar-refractivity contribution in [3.63, 3.8) is 0 Å². The van der Waals surface area contributed by atoms with Crippen LogP contribution in [-0.4, -0.2) is 44.9 Å². The van der Waals surface area contributed by atoms with Gasteiger partial charge in [-0.05, 0) is 46.1 Å². The molecule has 1 atom stereocenters. The van der Waals surface area contributed by atoms with Gasteiger partial charge in [-0.2, -0.15) is 0 Å². The minimum Gasteiger partial charge on any atom is -0.465 e. The Labute approximate surface area is 141 Å². The van der Waals surface area contributed by atoms with Crippen LogP contribution < -0.4 is 11.1 Å². The lowest BCUT2D eigenvalue weighted by Gasteiger charge is -2.19. The second-order valence-electron chi connectivity index (χ2n) is 8.01. The molecule has 0 aliphatic carbocycles. The van der Waals surface area contributed by atoms with Gasteiger partial charge >= 0.3 is 12.1 Å². The fourth-order valence-corrected chi connectivity index (χ4v) is 2.39. The predicted molar refractivity (Wildman–Crippen MR) is 95.2 cm³/mol. The van der Waals surface area contributed by atoms with Crippen LogP contribution in [0.3, 0.4) is 0 Å². The lowest BCUT2D eigenvalue weighted by atomic mass is 10.1. The minimum atomic E-state index is -1.19. The molecular formula is C16H34N2O4Si. The van der Waals surface area contributed by atoms with Crippen molar-refractivity contribution in [3.8, 4) is 0 Å². The molecule has 23 heavy (non-hydrogen) atoms. The van der Waals surface area contributed by atoms with E-state index in [1.807, 2.05) is 20.8 Å². The molecule has 0 aliphatic heterocycles. The number of carbonyl (C=O) groups is 2. The SMILES string of the molecule is CC(C)(C)OC(=O)NCCCC[C@H](N)C(=O)OCC[Si](C)(C)C. The quantitative estimate of drug-likeness (QED) is 0.380. The first kappa shape index (κ1) is 21.9. The Hall–Kier alpha value is -1.08. The summed E-state index contributed by atoms with van der Waals surface area (Å²) in [6.07, 6.45) is 1.63. The lowest BCUT2D eigenvalue weighted by Crippen LogP contribution is -2.34. The largest absolute Gasteiger partial charge is 0.465 e. The molecule has 0 rings (SSSR count). The predicted octanol–water partition coefficient (Wildman–Crippen LogP) is 2.89. The number of alkyl carbamates (subject to hydrolysis) is 1. The summed E-state index contributed by atoms with van der Waals surface area (Å²) in [5, 5.41) is 2.68. The summed E-state index contributed by atoms with van der Waals surface area (Å²) in [5.74, 6) is -0.330. The number of rotatable bonds is 9. The topological polar surface area (TPSA) is 90.6 Å². The maximum absolute atomic E-state index is 11.7. The summed E-state index contributed by atoms with van der Waals surface area (Å²) < 4.78 is 10.3. The van der Waals surface area contributed by atoms with Crippen molar-refractivity contribution in [1.82, 2.24) is 5.32 Å². The van der Waals surface area contributed by atoms with Crippen LogP contribution in [0.25, 0.3) is 0 Å². The number of ether oxygens (including phenoxy) is 2. The van der Waals surface area contributed by atoms with Crippen molar-refractivity contribution < 1.29 is 19.1 Å². The van der Waals surface area contributed by atoms with Crippen molar-refractivity contribution in [2.24, 2.45) is 5.73 Å². The molecule has 0 fully saturated rings. The summed E-state index contributed by atoms with van der Waals surface area (Å²) in [6.45, 7) is 13.1. The van der Waals surface area contributed by atoms with Crippen molar-refractivity contribution >= 4 is 20.1 Å². The molecule has 0 spiro atoms. The number of unbranched alkanes of at least 4 members (excludes halogenated alkanes) is 1. The van der Waals surface area contributed by atoms with Crippen LogP contribution in [0.4, 0.5) is 4.79 Å². The van der Waals surface area contributed by atoms with E-state index >= 15 is 0 Å². The zero-order valence-corrected chi connectivity index (χ0v) is 16.5. The third kappa shape index (κ3) is 14.3. The van der Waals surface area contributed by atoms with Gasteiger partial charge in [0.15, 0.2) is 0 Å². The molecule has 0 aromatic heterocycles. The van der Waals surface area contributed by atoms with Crippen LogP contribution in [0.1, 0.15) is 40.0 Å². The first-order valence-corrected chi connectivity index (χ1v) is 12.0. The number of carbonyl (C=O) groups excluding carboxylic acids is 2. The summed E-state index contributed by atoms with van der Waals surface area (Å²) in [7, 11) is -1.19. The zero-order chi connectivity index (χ0) is 18.1. The van der Waals surface area contributed by atoms with Crippen LogP contribution in [0.15, 0.2) is 0 Å². The molecule has 7 heteroatoms. The Morgan fingerprint density at radius 1 is 1.17 bits per heavy atom. The van der Waals surface area contributed by atoms with E-state index < -0.39 is 25.8 Å². The van der Waals surface area contributed by atoms with Crippen LogP contribution in [0.5, 0.6) is 0 Å². The van der Waals surface area contributed by atoms with E-state index in [1.165, 1.54) is 0 Å². The van der Waals surface area contributed by atoms with Gasteiger partial charge in [-0.25, -0.2) is 4.79 Å². The van der Waals surface area contributed by atoms with Gasteiger partial charge in [0.1, 0.15) is 11.6 Å². The Morgan fingerprint density at radius 2 is 1.78 bits per heavy atom. The van der Waals surface area contributed by atoms with E-state index in [1.54, 1.807) is 0 Å². The van der Waals surface area contributed by atoms with Gasteiger partial charge in [0.2, 0.25) is 0 Å². The monoisotopic (exact) mass is 346 g/mol. The van der Waals surface area contributed by atoms with Crippen molar-refractivity contribution in [3.05, 3.63) is 0 Å². The number of nitrogens with one attached hydrogen (secondary N) is 1.